The van der Waals surface area contributed by atoms with E-state index in [9.17, 15) is 22.8 Å². The van der Waals surface area contributed by atoms with Gasteiger partial charge in [-0.3, -0.25) is 14.5 Å². The Morgan fingerprint density at radius 1 is 1.26 bits per heavy atom. The number of piperazine rings is 1. The molecular weight excluding hydrogens is 477 g/mol. The Bertz CT molecular complexity index is 895. The van der Waals surface area contributed by atoms with Gasteiger partial charge in [-0.15, -0.1) is 11.3 Å². The lowest BCUT2D eigenvalue weighted by Crippen LogP contribution is -2.68. The molecule has 1 spiro atoms. The molecule has 190 valence electrons. The van der Waals surface area contributed by atoms with E-state index < -0.39 is 17.7 Å². The first-order chi connectivity index (χ1) is 15.9. The third kappa shape index (κ3) is 5.87. The van der Waals surface area contributed by atoms with Gasteiger partial charge in [-0.05, 0) is 26.2 Å². The minimum Gasteiger partial charge on any atom is -0.475 e. The summed E-state index contributed by atoms with van der Waals surface area (Å²) in [5.74, 6) is -2.37. The van der Waals surface area contributed by atoms with Crippen molar-refractivity contribution < 1.29 is 37.4 Å². The van der Waals surface area contributed by atoms with E-state index in [1.807, 2.05) is 23.8 Å². The minimum absolute atomic E-state index is 0.00198. The number of likely N-dealkylation sites (tertiary alicyclic amines) is 1. The number of ether oxygens (including phenoxy) is 1. The second-order valence-electron chi connectivity index (χ2n) is 8.73. The third-order valence-electron chi connectivity index (χ3n) is 6.50. The monoisotopic (exact) mass is 506 g/mol. The molecular formula is C21H29F3N4O5S. The van der Waals surface area contributed by atoms with Crippen molar-refractivity contribution in [3.05, 3.63) is 16.1 Å². The first kappa shape index (κ1) is 26.4. The van der Waals surface area contributed by atoms with Crippen molar-refractivity contribution in [2.45, 2.75) is 44.4 Å². The number of nitrogens with zero attached hydrogens (tertiary/aromatic N) is 4. The van der Waals surface area contributed by atoms with Crippen LogP contribution in [-0.2, 0) is 25.7 Å². The molecule has 4 heterocycles. The average Bonchev–Trinajstić information content (AvgIpc) is 3.46. The Labute approximate surface area is 199 Å². The smallest absolute Gasteiger partial charge is 0.475 e. The molecule has 3 fully saturated rings. The highest BCUT2D eigenvalue weighted by atomic mass is 32.1. The maximum absolute atomic E-state index is 13.2. The molecule has 0 saturated carbocycles. The summed E-state index contributed by atoms with van der Waals surface area (Å²) in [5, 5.41) is 10.3. The van der Waals surface area contributed by atoms with E-state index in [0.717, 1.165) is 30.2 Å². The standard InChI is InChI=1S/C19H28N4O3S.C2HF3O2/c1-14-20-16(13-27-14)11-23-9-8-21(2)18(25)19(23)4-6-22(7-5-19)17(24)15-3-10-26-12-15;3-2(4,5)1(6)7/h13,15H,3-12H2,1-2H3;(H,6,7). The van der Waals surface area contributed by atoms with Crippen LogP contribution in [0.1, 0.15) is 30.0 Å². The zero-order valence-electron chi connectivity index (χ0n) is 19.1. The second-order valence-corrected chi connectivity index (χ2v) is 9.79. The molecule has 9 nitrogen and oxygen atoms in total. The van der Waals surface area contributed by atoms with Crippen molar-refractivity contribution in [3.8, 4) is 0 Å². The van der Waals surface area contributed by atoms with Crippen molar-refractivity contribution in [3.63, 3.8) is 0 Å². The molecule has 3 aliphatic rings. The van der Waals surface area contributed by atoms with E-state index in [0.29, 0.717) is 45.7 Å². The maximum Gasteiger partial charge on any atom is 0.490 e. The van der Waals surface area contributed by atoms with Crippen LogP contribution in [0.15, 0.2) is 5.38 Å². The average molecular weight is 507 g/mol. The van der Waals surface area contributed by atoms with Gasteiger partial charge in [0.2, 0.25) is 11.8 Å². The number of halogens is 3. The number of carbonyl (C=O) groups excluding carboxylic acids is 2. The van der Waals surface area contributed by atoms with Crippen LogP contribution in [0.5, 0.6) is 0 Å². The Balaban J connectivity index is 0.000000406. The first-order valence-electron chi connectivity index (χ1n) is 11.0. The van der Waals surface area contributed by atoms with Crippen molar-refractivity contribution in [2.24, 2.45) is 5.92 Å². The molecule has 1 aromatic rings. The summed E-state index contributed by atoms with van der Waals surface area (Å²) in [6, 6.07) is 0. The van der Waals surface area contributed by atoms with Gasteiger partial charge in [-0.1, -0.05) is 0 Å². The van der Waals surface area contributed by atoms with Crippen LogP contribution >= 0.6 is 11.3 Å². The Kier molecular flexibility index (Phi) is 8.19. The number of hydrogen-bond acceptors (Lipinski definition) is 7. The molecule has 0 bridgehead atoms. The summed E-state index contributed by atoms with van der Waals surface area (Å²) >= 11 is 1.65. The number of aryl methyl sites for hydroxylation is 1. The first-order valence-corrected chi connectivity index (χ1v) is 11.9. The van der Waals surface area contributed by atoms with Gasteiger partial charge in [0, 0.05) is 51.8 Å². The Morgan fingerprint density at radius 2 is 1.91 bits per heavy atom. The van der Waals surface area contributed by atoms with Crippen molar-refractivity contribution >= 4 is 29.1 Å². The Morgan fingerprint density at radius 3 is 2.41 bits per heavy atom. The number of carboxylic acids is 1. The molecule has 4 rings (SSSR count). The Hall–Kier alpha value is -2.25. The molecule has 1 aromatic heterocycles. The molecule has 13 heteroatoms. The number of piperidine rings is 1. The van der Waals surface area contributed by atoms with Crippen LogP contribution in [0.2, 0.25) is 0 Å². The second kappa shape index (κ2) is 10.6. The molecule has 1 N–H and O–H groups in total. The van der Waals surface area contributed by atoms with E-state index in [2.05, 4.69) is 15.3 Å². The van der Waals surface area contributed by atoms with Crippen molar-refractivity contribution in [2.75, 3.05) is 46.4 Å². The number of alkyl halides is 3. The number of carbonyl (C=O) groups is 3. The van der Waals surface area contributed by atoms with Gasteiger partial charge < -0.3 is 19.6 Å². The predicted octanol–water partition coefficient (Wildman–Crippen LogP) is 1.76. The summed E-state index contributed by atoms with van der Waals surface area (Å²) in [5.41, 5.74) is 0.531. The number of aliphatic carboxylic acids is 1. The number of likely N-dealkylation sites (N-methyl/N-ethyl adjacent to an activating group) is 1. The molecule has 0 aliphatic carbocycles. The summed E-state index contributed by atoms with van der Waals surface area (Å²) in [6.07, 6.45) is -2.88. The predicted molar refractivity (Wildman–Crippen MR) is 116 cm³/mol. The highest BCUT2D eigenvalue weighted by molar-refractivity contribution is 7.09. The SMILES string of the molecule is Cc1nc(CN2CCN(C)C(=O)C23CCN(C(=O)C2CCOC2)CC3)cs1.O=C(O)C(F)(F)F. The molecule has 1 atom stereocenters. The lowest BCUT2D eigenvalue weighted by molar-refractivity contribution is -0.192. The molecule has 34 heavy (non-hydrogen) atoms. The molecule has 2 amide bonds. The van der Waals surface area contributed by atoms with Crippen molar-refractivity contribution in [1.82, 2.24) is 19.7 Å². The normalized spacial score (nSPS) is 23.1. The van der Waals surface area contributed by atoms with Crippen LogP contribution in [0.25, 0.3) is 0 Å². The fraction of sp³-hybridized carbons (Fsp3) is 0.714. The van der Waals surface area contributed by atoms with Gasteiger partial charge >= 0.3 is 12.1 Å². The highest BCUT2D eigenvalue weighted by Gasteiger charge is 2.50. The molecule has 3 aliphatic heterocycles. The van der Waals surface area contributed by atoms with E-state index in [1.165, 1.54) is 0 Å². The lowest BCUT2D eigenvalue weighted by atomic mass is 9.82. The van der Waals surface area contributed by atoms with E-state index in [1.54, 1.807) is 11.3 Å². The number of rotatable bonds is 3. The van der Waals surface area contributed by atoms with Crippen LogP contribution in [0.3, 0.4) is 0 Å². The summed E-state index contributed by atoms with van der Waals surface area (Å²) in [6.45, 7) is 6.80. The fourth-order valence-electron chi connectivity index (χ4n) is 4.60. The molecule has 0 aromatic carbocycles. The van der Waals surface area contributed by atoms with Gasteiger partial charge in [0.1, 0.15) is 5.54 Å². The number of carboxylic acid groups (broad SMARTS) is 1. The van der Waals surface area contributed by atoms with Crippen LogP contribution in [-0.4, -0.2) is 101 Å². The maximum atomic E-state index is 13.2. The fourth-order valence-corrected chi connectivity index (χ4v) is 5.20. The van der Waals surface area contributed by atoms with Gasteiger partial charge in [-0.2, -0.15) is 13.2 Å². The van der Waals surface area contributed by atoms with Crippen LogP contribution in [0.4, 0.5) is 13.2 Å². The topological polar surface area (TPSA) is 103 Å². The van der Waals surface area contributed by atoms with Gasteiger partial charge in [-0.25, -0.2) is 9.78 Å². The number of amides is 2. The largest absolute Gasteiger partial charge is 0.490 e. The molecule has 0 radical (unpaired) electrons. The lowest BCUT2D eigenvalue weighted by Gasteiger charge is -2.52. The van der Waals surface area contributed by atoms with Crippen molar-refractivity contribution in [1.29, 1.82) is 0 Å². The van der Waals surface area contributed by atoms with Gasteiger partial charge in [0.25, 0.3) is 0 Å². The van der Waals surface area contributed by atoms with E-state index in [-0.39, 0.29) is 17.7 Å². The van der Waals surface area contributed by atoms with E-state index in [4.69, 9.17) is 14.6 Å². The number of hydrogen-bond donors (Lipinski definition) is 1. The van der Waals surface area contributed by atoms with E-state index >= 15 is 0 Å². The summed E-state index contributed by atoms with van der Waals surface area (Å²) < 4.78 is 37.1. The highest BCUT2D eigenvalue weighted by Crippen LogP contribution is 2.35. The van der Waals surface area contributed by atoms with Gasteiger partial charge in [0.05, 0.1) is 23.2 Å². The zero-order chi connectivity index (χ0) is 25.1. The zero-order valence-corrected chi connectivity index (χ0v) is 20.0. The van der Waals surface area contributed by atoms with Gasteiger partial charge in [0.15, 0.2) is 0 Å². The summed E-state index contributed by atoms with van der Waals surface area (Å²) in [7, 11) is 1.89. The quantitative estimate of drug-likeness (QED) is 0.666. The third-order valence-corrected chi connectivity index (χ3v) is 7.32. The number of thiazole rings is 1. The minimum atomic E-state index is -5.08. The number of aromatic nitrogens is 1. The van der Waals surface area contributed by atoms with Crippen LogP contribution < -0.4 is 0 Å². The molecule has 1 unspecified atom stereocenters. The molecule has 3 saturated heterocycles. The summed E-state index contributed by atoms with van der Waals surface area (Å²) in [4.78, 5) is 45.5. The van der Waals surface area contributed by atoms with Crippen LogP contribution in [0, 0.1) is 12.8 Å².